The van der Waals surface area contributed by atoms with E-state index in [1.807, 2.05) is 0 Å². The molecule has 0 heterocycles. The number of carbonyl (C=O) groups excluding carboxylic acids is 3. The molecule has 0 aliphatic heterocycles. The van der Waals surface area contributed by atoms with Gasteiger partial charge in [0.25, 0.3) is 0 Å². The van der Waals surface area contributed by atoms with Gasteiger partial charge >= 0.3 is 0 Å². The maximum atomic E-state index is 11.6. The molecule has 1 rings (SSSR count). The number of rotatable bonds is 5. The van der Waals surface area contributed by atoms with Crippen LogP contribution in [0.15, 0.2) is 24.3 Å². The first-order chi connectivity index (χ1) is 7.50. The van der Waals surface area contributed by atoms with Crippen molar-refractivity contribution in [3.05, 3.63) is 35.4 Å². The molecule has 0 aliphatic rings. The van der Waals surface area contributed by atoms with Gasteiger partial charge in [0.05, 0.1) is 0 Å². The predicted octanol–water partition coefficient (Wildman–Crippen LogP) is 1.34. The summed E-state index contributed by atoms with van der Waals surface area (Å²) in [4.78, 5) is 33.1. The van der Waals surface area contributed by atoms with E-state index in [0.29, 0.717) is 11.1 Å². The number of Topliss-reactive ketones (excluding diaryl/α,β-unsaturated/α-hetero) is 2. The molecule has 84 valence electrons. The largest absolute Gasteiger partial charge is 0.366 e. The van der Waals surface area contributed by atoms with Crippen LogP contribution in [0.5, 0.6) is 0 Å². The first-order valence-electron chi connectivity index (χ1n) is 4.93. The highest BCUT2D eigenvalue weighted by Gasteiger charge is 2.08. The second kappa shape index (κ2) is 5.21. The summed E-state index contributed by atoms with van der Waals surface area (Å²) >= 11 is 0. The number of carbonyl (C=O) groups is 3. The molecule has 1 amide bonds. The van der Waals surface area contributed by atoms with Crippen LogP contribution in [0.2, 0.25) is 0 Å². The van der Waals surface area contributed by atoms with Gasteiger partial charge in [-0.2, -0.15) is 0 Å². The molecular weight excluding hydrogens is 206 g/mol. The third kappa shape index (κ3) is 3.31. The number of nitrogens with two attached hydrogens (primary N) is 1. The van der Waals surface area contributed by atoms with Gasteiger partial charge in [0.1, 0.15) is 5.78 Å². The van der Waals surface area contributed by atoms with Crippen LogP contribution in [0.4, 0.5) is 0 Å². The smallest absolute Gasteiger partial charge is 0.248 e. The van der Waals surface area contributed by atoms with E-state index >= 15 is 0 Å². The van der Waals surface area contributed by atoms with Gasteiger partial charge < -0.3 is 10.5 Å². The quantitative estimate of drug-likeness (QED) is 0.759. The lowest BCUT2D eigenvalue weighted by molar-refractivity contribution is -0.116. The first-order valence-corrected chi connectivity index (χ1v) is 4.93. The minimum absolute atomic E-state index is 0.0119. The minimum atomic E-state index is -0.525. The van der Waals surface area contributed by atoms with Gasteiger partial charge in [-0.1, -0.05) is 12.1 Å². The monoisotopic (exact) mass is 219 g/mol. The summed E-state index contributed by atoms with van der Waals surface area (Å²) in [6.07, 6.45) is 0.446. The molecule has 4 nitrogen and oxygen atoms in total. The van der Waals surface area contributed by atoms with Crippen molar-refractivity contribution < 1.29 is 14.4 Å². The Kier molecular flexibility index (Phi) is 3.94. The molecule has 0 aliphatic carbocycles. The molecule has 1 aromatic carbocycles. The zero-order valence-electron chi connectivity index (χ0n) is 9.03. The number of amides is 1. The van der Waals surface area contributed by atoms with Crippen LogP contribution in [0.1, 0.15) is 40.5 Å². The zero-order chi connectivity index (χ0) is 12.1. The highest BCUT2D eigenvalue weighted by atomic mass is 16.1. The number of primary amides is 1. The third-order valence-electron chi connectivity index (χ3n) is 2.20. The van der Waals surface area contributed by atoms with Crippen molar-refractivity contribution in [3.8, 4) is 0 Å². The molecule has 0 fully saturated rings. The van der Waals surface area contributed by atoms with E-state index in [-0.39, 0.29) is 24.4 Å². The summed E-state index contributed by atoms with van der Waals surface area (Å²) in [7, 11) is 0. The van der Waals surface area contributed by atoms with Crippen molar-refractivity contribution in [1.29, 1.82) is 0 Å². The molecule has 4 heteroatoms. The van der Waals surface area contributed by atoms with E-state index in [0.717, 1.165) is 0 Å². The van der Waals surface area contributed by atoms with Crippen molar-refractivity contribution in [2.24, 2.45) is 5.73 Å². The molecule has 0 aromatic heterocycles. The topological polar surface area (TPSA) is 77.2 Å². The molecular formula is C12H13NO3. The van der Waals surface area contributed by atoms with Crippen LogP contribution in [0.25, 0.3) is 0 Å². The maximum Gasteiger partial charge on any atom is 0.248 e. The molecule has 0 bridgehead atoms. The lowest BCUT2D eigenvalue weighted by atomic mass is 10.0. The lowest BCUT2D eigenvalue weighted by Crippen LogP contribution is -2.11. The SMILES string of the molecule is CC(=O)CCC(=O)c1ccc(C(N)=O)cc1. The molecule has 0 unspecified atom stereocenters. The number of hydrogen-bond acceptors (Lipinski definition) is 3. The predicted molar refractivity (Wildman–Crippen MR) is 59.2 cm³/mol. The first kappa shape index (κ1) is 12.1. The van der Waals surface area contributed by atoms with E-state index in [4.69, 9.17) is 5.73 Å². The average Bonchev–Trinajstić information content (AvgIpc) is 2.26. The van der Waals surface area contributed by atoms with Crippen molar-refractivity contribution in [1.82, 2.24) is 0 Å². The van der Waals surface area contributed by atoms with E-state index in [9.17, 15) is 14.4 Å². The van der Waals surface area contributed by atoms with Crippen molar-refractivity contribution in [2.75, 3.05) is 0 Å². The van der Waals surface area contributed by atoms with Gasteiger partial charge in [-0.15, -0.1) is 0 Å². The summed E-state index contributed by atoms with van der Waals surface area (Å²) < 4.78 is 0. The molecule has 0 radical (unpaired) electrons. The van der Waals surface area contributed by atoms with Crippen molar-refractivity contribution in [3.63, 3.8) is 0 Å². The van der Waals surface area contributed by atoms with Gasteiger partial charge in [-0.05, 0) is 19.1 Å². The minimum Gasteiger partial charge on any atom is -0.366 e. The molecule has 0 saturated carbocycles. The second-order valence-electron chi connectivity index (χ2n) is 3.57. The molecule has 1 aromatic rings. The normalized spacial score (nSPS) is 9.81. The maximum absolute atomic E-state index is 11.6. The number of hydrogen-bond donors (Lipinski definition) is 1. The Morgan fingerprint density at radius 3 is 1.94 bits per heavy atom. The average molecular weight is 219 g/mol. The number of ketones is 2. The Bertz CT molecular complexity index is 420. The van der Waals surface area contributed by atoms with Crippen LogP contribution < -0.4 is 5.73 Å². The van der Waals surface area contributed by atoms with Gasteiger partial charge in [-0.25, -0.2) is 0 Å². The molecule has 16 heavy (non-hydrogen) atoms. The van der Waals surface area contributed by atoms with Crippen LogP contribution in [-0.2, 0) is 4.79 Å². The fraction of sp³-hybridized carbons (Fsp3) is 0.250. The summed E-state index contributed by atoms with van der Waals surface area (Å²) in [6, 6.07) is 6.10. The van der Waals surface area contributed by atoms with Gasteiger partial charge in [0.2, 0.25) is 5.91 Å². The highest BCUT2D eigenvalue weighted by molar-refractivity contribution is 5.99. The Morgan fingerprint density at radius 1 is 1.00 bits per heavy atom. The summed E-state index contributed by atoms with van der Waals surface area (Å²) in [5, 5.41) is 0. The van der Waals surface area contributed by atoms with Gasteiger partial charge in [0, 0.05) is 24.0 Å². The Hall–Kier alpha value is -1.97. The molecule has 0 spiro atoms. The fourth-order valence-corrected chi connectivity index (χ4v) is 1.25. The molecule has 0 atom stereocenters. The van der Waals surface area contributed by atoms with Crippen molar-refractivity contribution in [2.45, 2.75) is 19.8 Å². The number of benzene rings is 1. The third-order valence-corrected chi connectivity index (χ3v) is 2.20. The second-order valence-corrected chi connectivity index (χ2v) is 3.57. The lowest BCUT2D eigenvalue weighted by Gasteiger charge is -2.00. The van der Waals surface area contributed by atoms with Crippen LogP contribution in [-0.4, -0.2) is 17.5 Å². The van der Waals surface area contributed by atoms with Crippen LogP contribution in [0.3, 0.4) is 0 Å². The van der Waals surface area contributed by atoms with Crippen LogP contribution in [0, 0.1) is 0 Å². The molecule has 2 N–H and O–H groups in total. The van der Waals surface area contributed by atoms with E-state index in [1.165, 1.54) is 19.1 Å². The van der Waals surface area contributed by atoms with E-state index < -0.39 is 5.91 Å². The Labute approximate surface area is 93.4 Å². The van der Waals surface area contributed by atoms with E-state index in [1.54, 1.807) is 12.1 Å². The molecule has 0 saturated heterocycles. The van der Waals surface area contributed by atoms with Crippen LogP contribution >= 0.6 is 0 Å². The Balaban J connectivity index is 2.70. The van der Waals surface area contributed by atoms with Crippen molar-refractivity contribution >= 4 is 17.5 Å². The van der Waals surface area contributed by atoms with Gasteiger partial charge in [0.15, 0.2) is 5.78 Å². The standard InChI is InChI=1S/C12H13NO3/c1-8(14)2-7-11(15)9-3-5-10(6-4-9)12(13)16/h3-6H,2,7H2,1H3,(H2,13,16). The van der Waals surface area contributed by atoms with E-state index in [2.05, 4.69) is 0 Å². The summed E-state index contributed by atoms with van der Waals surface area (Å²) in [5.41, 5.74) is 5.93. The Morgan fingerprint density at radius 2 is 1.50 bits per heavy atom. The summed E-state index contributed by atoms with van der Waals surface area (Å²) in [5.74, 6) is -0.643. The fourth-order valence-electron chi connectivity index (χ4n) is 1.25. The van der Waals surface area contributed by atoms with Gasteiger partial charge in [-0.3, -0.25) is 9.59 Å². The highest BCUT2D eigenvalue weighted by Crippen LogP contribution is 2.08. The zero-order valence-corrected chi connectivity index (χ0v) is 9.03. The summed E-state index contributed by atoms with van der Waals surface area (Å²) in [6.45, 7) is 1.45.